The van der Waals surface area contributed by atoms with Gasteiger partial charge in [0.1, 0.15) is 10.6 Å². The summed E-state index contributed by atoms with van der Waals surface area (Å²) in [6.45, 7) is 3.57. The van der Waals surface area contributed by atoms with E-state index in [9.17, 15) is 13.2 Å². The third-order valence-electron chi connectivity index (χ3n) is 4.27. The first-order valence-electron chi connectivity index (χ1n) is 8.94. The van der Waals surface area contributed by atoms with E-state index in [2.05, 4.69) is 5.32 Å². The van der Waals surface area contributed by atoms with Crippen LogP contribution in [0.5, 0.6) is 5.75 Å². The van der Waals surface area contributed by atoms with Crippen LogP contribution < -0.4 is 10.1 Å². The molecule has 0 aliphatic rings. The van der Waals surface area contributed by atoms with Crippen molar-refractivity contribution >= 4 is 21.6 Å². The fourth-order valence-electron chi connectivity index (χ4n) is 2.68. The first kappa shape index (κ1) is 21.9. The number of carbonyl (C=O) groups is 1. The Bertz CT molecular complexity index is 899. The van der Waals surface area contributed by atoms with Gasteiger partial charge in [0.15, 0.2) is 0 Å². The number of hydrogen-bond acceptors (Lipinski definition) is 5. The molecule has 0 saturated heterocycles. The van der Waals surface area contributed by atoms with Crippen LogP contribution in [0.4, 0.5) is 5.69 Å². The molecule has 0 heterocycles. The Labute approximate surface area is 167 Å². The highest BCUT2D eigenvalue weighted by Gasteiger charge is 2.23. The van der Waals surface area contributed by atoms with Gasteiger partial charge in [-0.2, -0.15) is 0 Å². The minimum absolute atomic E-state index is 0.00873. The van der Waals surface area contributed by atoms with Gasteiger partial charge in [0.05, 0.1) is 13.7 Å². The van der Waals surface area contributed by atoms with Gasteiger partial charge in [-0.1, -0.05) is 37.3 Å². The number of amides is 1. The van der Waals surface area contributed by atoms with E-state index in [-0.39, 0.29) is 23.1 Å². The van der Waals surface area contributed by atoms with Crippen molar-refractivity contribution in [2.75, 3.05) is 39.6 Å². The third-order valence-corrected chi connectivity index (χ3v) is 6.11. The van der Waals surface area contributed by atoms with Gasteiger partial charge in [0.2, 0.25) is 15.9 Å². The molecule has 0 spiro atoms. The number of ether oxygens (including phenoxy) is 1. The van der Waals surface area contributed by atoms with E-state index >= 15 is 0 Å². The number of hydrogen-bond donors (Lipinski definition) is 1. The molecule has 0 bridgehead atoms. The minimum Gasteiger partial charge on any atom is -0.495 e. The van der Waals surface area contributed by atoms with Crippen LogP contribution in [-0.2, 0) is 21.4 Å². The lowest BCUT2D eigenvalue weighted by molar-refractivity contribution is -0.117. The van der Waals surface area contributed by atoms with Crippen molar-refractivity contribution in [1.29, 1.82) is 0 Å². The molecule has 7 nitrogen and oxygen atoms in total. The van der Waals surface area contributed by atoms with E-state index in [4.69, 9.17) is 4.74 Å². The average molecular weight is 406 g/mol. The molecule has 0 saturated carbocycles. The van der Waals surface area contributed by atoms with E-state index in [0.29, 0.717) is 18.8 Å². The number of nitrogens with one attached hydrogen (secondary N) is 1. The van der Waals surface area contributed by atoms with Crippen molar-refractivity contribution < 1.29 is 17.9 Å². The molecule has 2 aromatic rings. The van der Waals surface area contributed by atoms with Crippen LogP contribution >= 0.6 is 0 Å². The third kappa shape index (κ3) is 5.54. The van der Waals surface area contributed by atoms with Crippen LogP contribution in [0.2, 0.25) is 0 Å². The van der Waals surface area contributed by atoms with Crippen molar-refractivity contribution in [1.82, 2.24) is 9.21 Å². The predicted molar refractivity (Wildman–Crippen MR) is 110 cm³/mol. The zero-order valence-corrected chi connectivity index (χ0v) is 17.5. The fraction of sp³-hybridized carbons (Fsp3) is 0.350. The highest BCUT2D eigenvalue weighted by Crippen LogP contribution is 2.28. The molecule has 1 N–H and O–H groups in total. The zero-order valence-electron chi connectivity index (χ0n) is 16.7. The number of sulfonamides is 1. The molecule has 0 unspecified atom stereocenters. The largest absolute Gasteiger partial charge is 0.495 e. The minimum atomic E-state index is -3.70. The standard InChI is InChI=1S/C20H27N3O4S/c1-5-23(14-16-9-7-6-8-10-16)15-20(24)21-17-11-12-18(27-4)19(13-17)28(25,26)22(2)3/h6-13H,5,14-15H2,1-4H3,(H,21,24). The van der Waals surface area contributed by atoms with Crippen molar-refractivity contribution in [3.63, 3.8) is 0 Å². The molecule has 1 amide bonds. The van der Waals surface area contributed by atoms with Gasteiger partial charge >= 0.3 is 0 Å². The van der Waals surface area contributed by atoms with Crippen LogP contribution in [0.1, 0.15) is 12.5 Å². The highest BCUT2D eigenvalue weighted by molar-refractivity contribution is 7.89. The van der Waals surface area contributed by atoms with Crippen LogP contribution in [0, 0.1) is 0 Å². The lowest BCUT2D eigenvalue weighted by atomic mass is 10.2. The first-order chi connectivity index (χ1) is 13.3. The molecular weight excluding hydrogens is 378 g/mol. The van der Waals surface area contributed by atoms with Crippen LogP contribution in [0.15, 0.2) is 53.4 Å². The number of benzene rings is 2. The van der Waals surface area contributed by atoms with E-state index in [0.717, 1.165) is 9.87 Å². The van der Waals surface area contributed by atoms with Gasteiger partial charge in [-0.05, 0) is 30.3 Å². The van der Waals surface area contributed by atoms with Gasteiger partial charge in [-0.3, -0.25) is 9.69 Å². The summed E-state index contributed by atoms with van der Waals surface area (Å²) in [4.78, 5) is 14.5. The van der Waals surface area contributed by atoms with Gasteiger partial charge in [-0.25, -0.2) is 12.7 Å². The molecule has 0 fully saturated rings. The smallest absolute Gasteiger partial charge is 0.246 e. The summed E-state index contributed by atoms with van der Waals surface area (Å²) in [6, 6.07) is 14.5. The number of carbonyl (C=O) groups excluding carboxylic acids is 1. The molecule has 28 heavy (non-hydrogen) atoms. The Morgan fingerprint density at radius 3 is 2.36 bits per heavy atom. The number of methoxy groups -OCH3 is 1. The summed E-state index contributed by atoms with van der Waals surface area (Å²) in [5, 5.41) is 2.78. The summed E-state index contributed by atoms with van der Waals surface area (Å²) in [7, 11) is 0.602. The van der Waals surface area contributed by atoms with E-state index in [1.54, 1.807) is 6.07 Å². The number of rotatable bonds is 9. The molecule has 0 aliphatic heterocycles. The summed E-state index contributed by atoms with van der Waals surface area (Å²) < 4.78 is 31.3. The Morgan fingerprint density at radius 2 is 1.79 bits per heavy atom. The highest BCUT2D eigenvalue weighted by atomic mass is 32.2. The molecule has 2 aromatic carbocycles. The Morgan fingerprint density at radius 1 is 1.11 bits per heavy atom. The quantitative estimate of drug-likeness (QED) is 0.693. The van der Waals surface area contributed by atoms with Crippen molar-refractivity contribution in [3.05, 3.63) is 54.1 Å². The normalized spacial score (nSPS) is 11.6. The Kier molecular flexibility index (Phi) is 7.56. The van der Waals surface area contributed by atoms with E-state index in [1.807, 2.05) is 42.2 Å². The number of anilines is 1. The molecule has 0 aliphatic carbocycles. The van der Waals surface area contributed by atoms with Gasteiger partial charge in [-0.15, -0.1) is 0 Å². The maximum absolute atomic E-state index is 12.5. The maximum Gasteiger partial charge on any atom is 0.246 e. The van der Waals surface area contributed by atoms with Gasteiger partial charge < -0.3 is 10.1 Å². The second-order valence-electron chi connectivity index (χ2n) is 6.49. The fourth-order valence-corrected chi connectivity index (χ4v) is 3.75. The lowest BCUT2D eigenvalue weighted by Gasteiger charge is -2.20. The van der Waals surface area contributed by atoms with Crippen molar-refractivity contribution in [3.8, 4) is 5.75 Å². The predicted octanol–water partition coefficient (Wildman–Crippen LogP) is 2.41. The zero-order chi connectivity index (χ0) is 20.7. The lowest BCUT2D eigenvalue weighted by Crippen LogP contribution is -2.32. The van der Waals surface area contributed by atoms with E-state index < -0.39 is 10.0 Å². The van der Waals surface area contributed by atoms with Crippen molar-refractivity contribution in [2.24, 2.45) is 0 Å². The summed E-state index contributed by atoms with van der Waals surface area (Å²) in [5.41, 5.74) is 1.53. The summed E-state index contributed by atoms with van der Waals surface area (Å²) >= 11 is 0. The second kappa shape index (κ2) is 9.68. The summed E-state index contributed by atoms with van der Waals surface area (Å²) in [6.07, 6.45) is 0. The van der Waals surface area contributed by atoms with E-state index in [1.165, 1.54) is 33.3 Å². The molecular formula is C20H27N3O4S. The van der Waals surface area contributed by atoms with Crippen molar-refractivity contribution in [2.45, 2.75) is 18.4 Å². The first-order valence-corrected chi connectivity index (χ1v) is 10.4. The molecule has 0 atom stereocenters. The second-order valence-corrected chi connectivity index (χ2v) is 8.61. The average Bonchev–Trinajstić information content (AvgIpc) is 2.68. The monoisotopic (exact) mass is 405 g/mol. The van der Waals surface area contributed by atoms with Gasteiger partial charge in [0, 0.05) is 26.3 Å². The molecule has 2 rings (SSSR count). The number of likely N-dealkylation sites (N-methyl/N-ethyl adjacent to an activating group) is 1. The molecule has 8 heteroatoms. The molecule has 0 radical (unpaired) electrons. The van der Waals surface area contributed by atoms with Gasteiger partial charge in [0.25, 0.3) is 0 Å². The number of nitrogens with zero attached hydrogens (tertiary/aromatic N) is 2. The topological polar surface area (TPSA) is 79.0 Å². The summed E-state index contributed by atoms with van der Waals surface area (Å²) in [5.74, 6) is 0.0158. The van der Waals surface area contributed by atoms with Crippen LogP contribution in [-0.4, -0.2) is 57.8 Å². The SMILES string of the molecule is CCN(CC(=O)Nc1ccc(OC)c(S(=O)(=O)N(C)C)c1)Cc1ccccc1. The maximum atomic E-state index is 12.5. The molecule has 152 valence electrons. The molecule has 0 aromatic heterocycles. The Balaban J connectivity index is 2.13. The Hall–Kier alpha value is -2.42. The van der Waals surface area contributed by atoms with Crippen LogP contribution in [0.25, 0.3) is 0 Å². The van der Waals surface area contributed by atoms with Crippen LogP contribution in [0.3, 0.4) is 0 Å².